The number of anilines is 1. The van der Waals surface area contributed by atoms with Gasteiger partial charge in [-0.25, -0.2) is 9.83 Å². The van der Waals surface area contributed by atoms with E-state index in [2.05, 4.69) is 15.1 Å². The Morgan fingerprint density at radius 1 is 1.43 bits per heavy atom. The van der Waals surface area contributed by atoms with Crippen molar-refractivity contribution in [3.05, 3.63) is 41.0 Å². The van der Waals surface area contributed by atoms with E-state index in [0.29, 0.717) is 12.1 Å². The molecule has 0 atom stereocenters. The highest BCUT2D eigenvalue weighted by Gasteiger charge is 2.24. The van der Waals surface area contributed by atoms with E-state index < -0.39 is 0 Å². The number of Topliss-reactive ketones (excluding diaryl/α,β-unsaturated/α-hetero) is 1. The van der Waals surface area contributed by atoms with Crippen molar-refractivity contribution in [3.8, 4) is 11.4 Å². The lowest BCUT2D eigenvalue weighted by atomic mass is 10.1. The summed E-state index contributed by atoms with van der Waals surface area (Å²) >= 11 is 0. The standard InChI is InChI=1S/C16H16N4O/c1-10-15-14(21)5-4-8-20(15)16(19-10)11-6-7-12(17-2)13(9-11)18-3/h6-7,9,18H,4-5,8H2,1,3H3. The third-order valence-electron chi connectivity index (χ3n) is 3.84. The second kappa shape index (κ2) is 5.06. The quantitative estimate of drug-likeness (QED) is 0.857. The van der Waals surface area contributed by atoms with Crippen LogP contribution in [0.3, 0.4) is 0 Å². The third kappa shape index (κ3) is 2.09. The number of nitrogens with one attached hydrogen (secondary N) is 1. The van der Waals surface area contributed by atoms with Crippen molar-refractivity contribution in [1.82, 2.24) is 9.55 Å². The molecule has 0 unspecified atom stereocenters. The average molecular weight is 280 g/mol. The van der Waals surface area contributed by atoms with Crippen molar-refractivity contribution in [3.63, 3.8) is 0 Å². The molecule has 0 spiro atoms. The van der Waals surface area contributed by atoms with Gasteiger partial charge < -0.3 is 9.88 Å². The minimum Gasteiger partial charge on any atom is -0.397 e. The van der Waals surface area contributed by atoms with E-state index in [-0.39, 0.29) is 5.78 Å². The number of benzene rings is 1. The van der Waals surface area contributed by atoms with E-state index in [4.69, 9.17) is 6.57 Å². The van der Waals surface area contributed by atoms with Gasteiger partial charge in [-0.1, -0.05) is 12.1 Å². The summed E-state index contributed by atoms with van der Waals surface area (Å²) in [5.41, 5.74) is 3.81. The number of aryl methyl sites for hydroxylation is 1. The molecule has 1 aliphatic rings. The summed E-state index contributed by atoms with van der Waals surface area (Å²) in [5, 5.41) is 3.03. The van der Waals surface area contributed by atoms with Gasteiger partial charge in [0.05, 0.1) is 12.3 Å². The van der Waals surface area contributed by atoms with Gasteiger partial charge in [-0.3, -0.25) is 4.79 Å². The van der Waals surface area contributed by atoms with E-state index in [0.717, 1.165) is 41.4 Å². The SMILES string of the molecule is [C-]#[N+]c1ccc(-c2nc(C)c3n2CCCC3=O)cc1NC. The molecule has 106 valence electrons. The molecule has 0 aliphatic carbocycles. The predicted octanol–water partition coefficient (Wildman–Crippen LogP) is 3.43. The van der Waals surface area contributed by atoms with Crippen LogP contribution in [-0.4, -0.2) is 22.4 Å². The minimum absolute atomic E-state index is 0.170. The summed E-state index contributed by atoms with van der Waals surface area (Å²) in [5.74, 6) is 0.979. The molecule has 0 amide bonds. The number of ketones is 1. The van der Waals surface area contributed by atoms with Crippen LogP contribution in [0.25, 0.3) is 16.2 Å². The molecule has 0 saturated carbocycles. The summed E-state index contributed by atoms with van der Waals surface area (Å²) < 4.78 is 2.01. The smallest absolute Gasteiger partial charge is 0.209 e. The van der Waals surface area contributed by atoms with Crippen molar-refractivity contribution in [1.29, 1.82) is 0 Å². The van der Waals surface area contributed by atoms with Gasteiger partial charge in [0.15, 0.2) is 5.78 Å². The maximum Gasteiger partial charge on any atom is 0.209 e. The molecule has 1 aromatic carbocycles. The van der Waals surface area contributed by atoms with Crippen LogP contribution < -0.4 is 5.32 Å². The fourth-order valence-electron chi connectivity index (χ4n) is 2.85. The topological polar surface area (TPSA) is 51.3 Å². The molecule has 3 rings (SSSR count). The van der Waals surface area contributed by atoms with E-state index in [1.165, 1.54) is 0 Å². The summed E-state index contributed by atoms with van der Waals surface area (Å²) in [4.78, 5) is 20.1. The second-order valence-corrected chi connectivity index (χ2v) is 5.14. The predicted molar refractivity (Wildman–Crippen MR) is 81.8 cm³/mol. The fraction of sp³-hybridized carbons (Fsp3) is 0.312. The molecular weight excluding hydrogens is 264 g/mol. The number of nitrogens with zero attached hydrogens (tertiary/aromatic N) is 3. The van der Waals surface area contributed by atoms with Crippen molar-refractivity contribution >= 4 is 17.2 Å². The Morgan fingerprint density at radius 3 is 2.95 bits per heavy atom. The van der Waals surface area contributed by atoms with Crippen LogP contribution in [0.2, 0.25) is 0 Å². The number of carbonyl (C=O) groups is 1. The molecule has 1 N–H and O–H groups in total. The zero-order valence-electron chi connectivity index (χ0n) is 12.1. The molecule has 5 nitrogen and oxygen atoms in total. The fourth-order valence-corrected chi connectivity index (χ4v) is 2.85. The van der Waals surface area contributed by atoms with Gasteiger partial charge in [0.25, 0.3) is 0 Å². The maximum absolute atomic E-state index is 12.1. The van der Waals surface area contributed by atoms with E-state index in [1.54, 1.807) is 13.1 Å². The van der Waals surface area contributed by atoms with Crippen molar-refractivity contribution in [2.75, 3.05) is 12.4 Å². The van der Waals surface area contributed by atoms with Crippen molar-refractivity contribution in [2.45, 2.75) is 26.3 Å². The molecule has 0 bridgehead atoms. The van der Waals surface area contributed by atoms with Crippen LogP contribution in [-0.2, 0) is 6.54 Å². The zero-order valence-corrected chi connectivity index (χ0v) is 12.1. The number of rotatable bonds is 2. The molecule has 0 fully saturated rings. The molecule has 2 heterocycles. The lowest BCUT2D eigenvalue weighted by Crippen LogP contribution is -2.17. The number of carbonyl (C=O) groups excluding carboxylic acids is 1. The van der Waals surface area contributed by atoms with E-state index >= 15 is 0 Å². The number of imidazole rings is 1. The van der Waals surface area contributed by atoms with Crippen molar-refractivity contribution in [2.24, 2.45) is 0 Å². The van der Waals surface area contributed by atoms with Gasteiger partial charge in [0.2, 0.25) is 5.69 Å². The number of fused-ring (bicyclic) bond motifs is 1. The molecule has 0 radical (unpaired) electrons. The highest BCUT2D eigenvalue weighted by Crippen LogP contribution is 2.32. The first kappa shape index (κ1) is 13.4. The molecule has 1 aliphatic heterocycles. The Balaban J connectivity index is 2.16. The molecule has 2 aromatic rings. The first-order chi connectivity index (χ1) is 10.2. The van der Waals surface area contributed by atoms with Gasteiger partial charge in [0, 0.05) is 31.3 Å². The van der Waals surface area contributed by atoms with Crippen molar-refractivity contribution < 1.29 is 4.79 Å². The van der Waals surface area contributed by atoms with E-state index in [9.17, 15) is 4.79 Å². The van der Waals surface area contributed by atoms with Crippen LogP contribution in [0, 0.1) is 13.5 Å². The monoisotopic (exact) mass is 280 g/mol. The largest absolute Gasteiger partial charge is 0.397 e. The van der Waals surface area contributed by atoms with Gasteiger partial charge in [-0.05, 0) is 19.4 Å². The summed E-state index contributed by atoms with van der Waals surface area (Å²) in [6.45, 7) is 9.86. The lowest BCUT2D eigenvalue weighted by Gasteiger charge is -2.16. The highest BCUT2D eigenvalue weighted by molar-refractivity contribution is 5.97. The summed E-state index contributed by atoms with van der Waals surface area (Å²) in [6, 6.07) is 5.60. The Morgan fingerprint density at radius 2 is 2.24 bits per heavy atom. The number of hydrogen-bond donors (Lipinski definition) is 1. The van der Waals surface area contributed by atoms with Crippen LogP contribution in [0.1, 0.15) is 29.0 Å². The molecule has 0 saturated heterocycles. The average Bonchev–Trinajstić information content (AvgIpc) is 2.85. The molecular formula is C16H16N4O. The first-order valence-electron chi connectivity index (χ1n) is 6.95. The molecule has 1 aromatic heterocycles. The minimum atomic E-state index is 0.170. The van der Waals surface area contributed by atoms with Gasteiger partial charge in [-0.2, -0.15) is 0 Å². The first-order valence-corrected chi connectivity index (χ1v) is 6.95. The maximum atomic E-state index is 12.1. The zero-order chi connectivity index (χ0) is 15.0. The number of aromatic nitrogens is 2. The third-order valence-corrected chi connectivity index (χ3v) is 3.84. The van der Waals surface area contributed by atoms with Crippen LogP contribution in [0.15, 0.2) is 18.2 Å². The summed E-state index contributed by atoms with van der Waals surface area (Å²) in [7, 11) is 1.80. The van der Waals surface area contributed by atoms with Crippen LogP contribution in [0.4, 0.5) is 11.4 Å². The molecule has 21 heavy (non-hydrogen) atoms. The molecule has 5 heteroatoms. The summed E-state index contributed by atoms with van der Waals surface area (Å²) in [6.07, 6.45) is 1.46. The highest BCUT2D eigenvalue weighted by atomic mass is 16.1. The Labute approximate surface area is 123 Å². The number of hydrogen-bond acceptors (Lipinski definition) is 3. The van der Waals surface area contributed by atoms with E-state index in [1.807, 2.05) is 23.6 Å². The van der Waals surface area contributed by atoms with Gasteiger partial charge >= 0.3 is 0 Å². The lowest BCUT2D eigenvalue weighted by molar-refractivity contribution is 0.0955. The second-order valence-electron chi connectivity index (χ2n) is 5.14. The van der Waals surface area contributed by atoms with Crippen LogP contribution in [0.5, 0.6) is 0 Å². The van der Waals surface area contributed by atoms with Gasteiger partial charge in [-0.15, -0.1) is 0 Å². The Kier molecular flexibility index (Phi) is 3.22. The Bertz CT molecular complexity index is 767. The van der Waals surface area contributed by atoms with Gasteiger partial charge in [0.1, 0.15) is 11.5 Å². The Hall–Kier alpha value is -2.61. The van der Waals surface area contributed by atoms with Crippen LogP contribution >= 0.6 is 0 Å². The normalized spacial score (nSPS) is 13.7.